The van der Waals surface area contributed by atoms with Gasteiger partial charge in [0.1, 0.15) is 0 Å². The lowest BCUT2D eigenvalue weighted by molar-refractivity contribution is -0.692. The Labute approximate surface area is 290 Å². The molecule has 0 aliphatic rings. The zero-order valence-electron chi connectivity index (χ0n) is 28.3. The Morgan fingerprint density at radius 2 is 0.957 bits per heavy atom. The van der Waals surface area contributed by atoms with Gasteiger partial charge in [0.25, 0.3) is 0 Å². The number of aromatic nitrogens is 2. The van der Waals surface area contributed by atoms with Crippen LogP contribution in [0.2, 0.25) is 0 Å². The van der Waals surface area contributed by atoms with E-state index in [0.717, 1.165) is 63.6 Å². The lowest BCUT2D eigenvalue weighted by Gasteiger charge is -2.10. The van der Waals surface area contributed by atoms with Gasteiger partial charge >= 0.3 is 0 Å². The number of nitrogens with zero attached hydrogens (tertiary/aromatic N) is 3. The second-order valence-corrected chi connectivity index (χ2v) is 14.5. The van der Waals surface area contributed by atoms with Crippen molar-refractivity contribution in [3.8, 4) is 0 Å². The molecule has 2 aromatic carbocycles. The van der Waals surface area contributed by atoms with Crippen LogP contribution in [0.5, 0.6) is 0 Å². The maximum atomic E-state index is 3.50. The lowest BCUT2D eigenvalue weighted by atomic mass is 10.1. The Morgan fingerprint density at radius 1 is 0.553 bits per heavy atom. The maximum Gasteiger partial charge on any atom is 0.169 e. The van der Waals surface area contributed by atoms with Crippen LogP contribution in [0, 0.1) is 0 Å². The molecule has 2 aromatic heterocycles. The predicted octanol–water partition coefficient (Wildman–Crippen LogP) is 7.07. The highest BCUT2D eigenvalue weighted by molar-refractivity contribution is 8.76. The van der Waals surface area contributed by atoms with Gasteiger partial charge in [-0.2, -0.15) is 0 Å². The monoisotopic (exact) mass is 668 g/mol. The van der Waals surface area contributed by atoms with Gasteiger partial charge in [-0.25, -0.2) is 9.13 Å². The fourth-order valence-corrected chi connectivity index (χ4v) is 6.76. The molecule has 0 aliphatic carbocycles. The molecule has 0 saturated carbocycles. The fourth-order valence-electron chi connectivity index (χ4n) is 4.80. The summed E-state index contributed by atoms with van der Waals surface area (Å²) >= 11 is 0. The van der Waals surface area contributed by atoms with Crippen LogP contribution in [0.4, 0.5) is 11.4 Å². The van der Waals surface area contributed by atoms with Crippen LogP contribution in [-0.4, -0.2) is 63.7 Å². The zero-order chi connectivity index (χ0) is 32.9. The minimum absolute atomic E-state index is 0.983. The van der Waals surface area contributed by atoms with Crippen LogP contribution in [0.3, 0.4) is 0 Å². The summed E-state index contributed by atoms with van der Waals surface area (Å²) in [6.45, 7) is 6.13. The van der Waals surface area contributed by atoms with Gasteiger partial charge in [0.05, 0.1) is 11.5 Å². The number of hydrogen-bond donors (Lipinski definition) is 3. The highest BCUT2D eigenvalue weighted by atomic mass is 33.1. The topological polar surface area (TPSA) is 47.1 Å². The highest BCUT2D eigenvalue weighted by Gasteiger charge is 2.04. The van der Waals surface area contributed by atoms with E-state index in [2.05, 4.69) is 166 Å². The zero-order valence-corrected chi connectivity index (χ0v) is 29.9. The van der Waals surface area contributed by atoms with Gasteiger partial charge in [-0.3, -0.25) is 0 Å². The SMILES string of the molecule is CNCCCNc1ccc(/C=C/c2cc[n+](CCSSCC[n+]3ccc(/C=C/c4ccc(NCCCN(C)C)cc4)cc3)cc2)cc1. The van der Waals surface area contributed by atoms with E-state index >= 15 is 0 Å². The van der Waals surface area contributed by atoms with E-state index in [1.54, 1.807) is 0 Å². The van der Waals surface area contributed by atoms with Crippen molar-refractivity contribution in [2.24, 2.45) is 0 Å². The molecule has 248 valence electrons. The average Bonchev–Trinajstić information content (AvgIpc) is 3.10. The normalized spacial score (nSPS) is 11.6. The molecule has 0 radical (unpaired) electrons. The highest BCUT2D eigenvalue weighted by Crippen LogP contribution is 2.20. The molecule has 0 spiro atoms. The second-order valence-electron chi connectivity index (χ2n) is 11.8. The Kier molecular flexibility index (Phi) is 16.5. The molecule has 0 saturated heterocycles. The van der Waals surface area contributed by atoms with Crippen molar-refractivity contribution in [1.82, 2.24) is 10.2 Å². The lowest BCUT2D eigenvalue weighted by Crippen LogP contribution is -2.34. The van der Waals surface area contributed by atoms with Crippen molar-refractivity contribution in [3.63, 3.8) is 0 Å². The molecule has 0 unspecified atom stereocenters. The molecule has 3 N–H and O–H groups in total. The number of nitrogens with one attached hydrogen (secondary N) is 3. The van der Waals surface area contributed by atoms with Crippen molar-refractivity contribution in [2.75, 3.05) is 69.5 Å². The van der Waals surface area contributed by atoms with Crippen molar-refractivity contribution in [3.05, 3.63) is 120 Å². The Hall–Kier alpha value is -3.56. The molecule has 0 fully saturated rings. The molecule has 0 bridgehead atoms. The minimum Gasteiger partial charge on any atom is -0.385 e. The van der Waals surface area contributed by atoms with Gasteiger partial charge in [0.15, 0.2) is 37.9 Å². The molecule has 8 heteroatoms. The summed E-state index contributed by atoms with van der Waals surface area (Å²) in [6, 6.07) is 26.0. The molecule has 0 amide bonds. The van der Waals surface area contributed by atoms with Gasteiger partial charge in [0, 0.05) is 48.7 Å². The van der Waals surface area contributed by atoms with E-state index in [9.17, 15) is 0 Å². The molecule has 4 rings (SSSR count). The van der Waals surface area contributed by atoms with Crippen LogP contribution in [-0.2, 0) is 13.1 Å². The number of hydrogen-bond acceptors (Lipinski definition) is 6. The standard InChI is InChI=1S/C39H50N6S2/c1-40-22-4-23-41-38-14-10-34(11-15-38)6-8-36-18-26-44(27-19-36)30-32-46-47-33-31-45-28-20-37(21-29-45)9-7-35-12-16-39(17-13-35)42-24-5-25-43(2)3/h6-21,26-29,40H,4-5,22-25,30-33H2,1-3H3/p+2. The summed E-state index contributed by atoms with van der Waals surface area (Å²) in [5.74, 6) is 2.17. The molecular formula is C39H52N6S2+2. The number of anilines is 2. The third-order valence-corrected chi connectivity index (χ3v) is 9.95. The van der Waals surface area contributed by atoms with Crippen molar-refractivity contribution in [2.45, 2.75) is 25.9 Å². The quantitative estimate of drug-likeness (QED) is 0.0502. The Morgan fingerprint density at radius 3 is 1.36 bits per heavy atom. The van der Waals surface area contributed by atoms with Gasteiger partial charge < -0.3 is 20.9 Å². The first kappa shape index (κ1) is 36.3. The molecule has 47 heavy (non-hydrogen) atoms. The molecular weight excluding hydrogens is 617 g/mol. The summed E-state index contributed by atoms with van der Waals surface area (Å²) < 4.78 is 4.53. The number of aryl methyl sites for hydroxylation is 2. The van der Waals surface area contributed by atoms with Crippen molar-refractivity contribution in [1.29, 1.82) is 0 Å². The number of benzene rings is 2. The first-order valence-electron chi connectivity index (χ1n) is 16.6. The summed E-state index contributed by atoms with van der Waals surface area (Å²) in [5.41, 5.74) is 7.19. The Bertz CT molecular complexity index is 1470. The largest absolute Gasteiger partial charge is 0.385 e. The summed E-state index contributed by atoms with van der Waals surface area (Å²) in [6.07, 6.45) is 19.7. The summed E-state index contributed by atoms with van der Waals surface area (Å²) in [4.78, 5) is 2.22. The van der Waals surface area contributed by atoms with E-state index < -0.39 is 0 Å². The van der Waals surface area contributed by atoms with Crippen LogP contribution in [0.25, 0.3) is 24.3 Å². The number of rotatable bonds is 21. The van der Waals surface area contributed by atoms with E-state index in [0.29, 0.717) is 0 Å². The van der Waals surface area contributed by atoms with Crippen LogP contribution >= 0.6 is 21.6 Å². The van der Waals surface area contributed by atoms with Gasteiger partial charge in [0.2, 0.25) is 0 Å². The number of pyridine rings is 2. The van der Waals surface area contributed by atoms with E-state index in [1.165, 1.54) is 33.6 Å². The van der Waals surface area contributed by atoms with E-state index in [4.69, 9.17) is 0 Å². The predicted molar refractivity (Wildman–Crippen MR) is 208 cm³/mol. The third kappa shape index (κ3) is 14.8. The van der Waals surface area contributed by atoms with Crippen LogP contribution in [0.15, 0.2) is 97.6 Å². The van der Waals surface area contributed by atoms with Gasteiger partial charge in [-0.05, 0) is 93.6 Å². The molecule has 2 heterocycles. The summed E-state index contributed by atoms with van der Waals surface area (Å²) in [7, 11) is 10.1. The summed E-state index contributed by atoms with van der Waals surface area (Å²) in [5, 5.41) is 10.1. The smallest absolute Gasteiger partial charge is 0.169 e. The van der Waals surface area contributed by atoms with Crippen LogP contribution in [0.1, 0.15) is 35.1 Å². The first-order chi connectivity index (χ1) is 23.1. The van der Waals surface area contributed by atoms with Gasteiger partial charge in [-0.1, -0.05) is 70.2 Å². The van der Waals surface area contributed by atoms with Crippen molar-refractivity contribution >= 4 is 57.3 Å². The molecule has 0 atom stereocenters. The second kappa shape index (κ2) is 21.3. The minimum atomic E-state index is 0.983. The fraction of sp³-hybridized carbons (Fsp3) is 0.333. The van der Waals surface area contributed by atoms with Crippen LogP contribution < -0.4 is 25.1 Å². The van der Waals surface area contributed by atoms with Crippen molar-refractivity contribution < 1.29 is 9.13 Å². The van der Waals surface area contributed by atoms with Gasteiger partial charge in [-0.15, -0.1) is 0 Å². The average molecular weight is 669 g/mol. The Balaban J connectivity index is 1.07. The molecule has 6 nitrogen and oxygen atoms in total. The third-order valence-electron chi connectivity index (χ3n) is 7.58. The first-order valence-corrected chi connectivity index (χ1v) is 19.1. The maximum absolute atomic E-state index is 3.50. The molecule has 0 aliphatic heterocycles. The molecule has 4 aromatic rings. The van der Waals surface area contributed by atoms with E-state index in [-0.39, 0.29) is 0 Å². The van der Waals surface area contributed by atoms with E-state index in [1.807, 2.05) is 28.6 Å².